The summed E-state index contributed by atoms with van der Waals surface area (Å²) in [6, 6.07) is -0.910. The summed E-state index contributed by atoms with van der Waals surface area (Å²) in [7, 11) is -3.69. The highest BCUT2D eigenvalue weighted by molar-refractivity contribution is 7.59. The number of anilines is 1. The molecule has 0 bridgehead atoms. The largest absolute Gasteiger partial charge is 0.465 e. The van der Waals surface area contributed by atoms with Gasteiger partial charge in [-0.05, 0) is 40.5 Å². The number of nitrogen functional groups attached to an aromatic ring is 1. The first-order valence-electron chi connectivity index (χ1n) is 14.0. The number of fused-ring (bicyclic) bond motifs is 1. The number of carbonyl (C=O) groups excluding carboxylic acids is 2. The Kier molecular flexibility index (Phi) is 13.4. The van der Waals surface area contributed by atoms with Crippen LogP contribution in [-0.2, 0) is 34.9 Å². The standard InChI is InChI=1S/C26H46N7O6P/c1-7-9-11-12-14-38-25(35)26(5,6)32-40(36,31-20(4)24(34)37-13-10-8-2)18-39-19(3)15-33-17-30-21-22(27)28-16-29-23(21)33/h16-17,19-20H,7-15,18H2,1-6H3,(H2,27,28,29)(H2,31,32,36)/t19-,20-,40-/m1/s1. The number of hydrogen-bond donors (Lipinski definition) is 3. The second-order valence-electron chi connectivity index (χ2n) is 10.5. The van der Waals surface area contributed by atoms with Gasteiger partial charge in [0.1, 0.15) is 29.8 Å². The van der Waals surface area contributed by atoms with E-state index in [-0.39, 0.29) is 25.4 Å². The van der Waals surface area contributed by atoms with Crippen LogP contribution in [0.4, 0.5) is 5.82 Å². The lowest BCUT2D eigenvalue weighted by atomic mass is 10.1. The van der Waals surface area contributed by atoms with Crippen molar-refractivity contribution in [2.24, 2.45) is 0 Å². The third kappa shape index (κ3) is 10.4. The molecule has 0 aromatic carbocycles. The molecule has 0 aliphatic heterocycles. The highest BCUT2D eigenvalue weighted by Crippen LogP contribution is 2.40. The Bertz CT molecular complexity index is 1140. The van der Waals surface area contributed by atoms with Gasteiger partial charge < -0.3 is 24.5 Å². The van der Waals surface area contributed by atoms with Gasteiger partial charge in [0.15, 0.2) is 11.5 Å². The fourth-order valence-corrected chi connectivity index (χ4v) is 6.27. The van der Waals surface area contributed by atoms with E-state index < -0.39 is 37.1 Å². The molecule has 0 radical (unpaired) electrons. The molecule has 2 aromatic rings. The minimum atomic E-state index is -3.69. The molecule has 13 nitrogen and oxygen atoms in total. The van der Waals surface area contributed by atoms with Crippen molar-refractivity contribution in [2.45, 2.75) is 104 Å². The third-order valence-electron chi connectivity index (χ3n) is 6.12. The Hall–Kier alpha value is -2.60. The molecule has 0 fully saturated rings. The van der Waals surface area contributed by atoms with E-state index in [9.17, 15) is 14.2 Å². The lowest BCUT2D eigenvalue weighted by Gasteiger charge is -2.32. The van der Waals surface area contributed by atoms with Gasteiger partial charge in [0.25, 0.3) is 0 Å². The van der Waals surface area contributed by atoms with Crippen LogP contribution in [0.5, 0.6) is 0 Å². The predicted molar refractivity (Wildman–Crippen MR) is 154 cm³/mol. The van der Waals surface area contributed by atoms with Gasteiger partial charge in [-0.1, -0.05) is 39.5 Å². The van der Waals surface area contributed by atoms with Gasteiger partial charge >= 0.3 is 11.9 Å². The van der Waals surface area contributed by atoms with Crippen molar-refractivity contribution in [1.82, 2.24) is 29.7 Å². The normalized spacial score (nSPS) is 14.9. The number of nitrogens with two attached hydrogens (primary N) is 1. The van der Waals surface area contributed by atoms with Crippen molar-refractivity contribution < 1.29 is 28.4 Å². The van der Waals surface area contributed by atoms with Gasteiger partial charge in [-0.3, -0.25) is 14.2 Å². The summed E-state index contributed by atoms with van der Waals surface area (Å²) in [6.07, 6.45) is 7.66. The summed E-state index contributed by atoms with van der Waals surface area (Å²) in [4.78, 5) is 37.8. The Morgan fingerprint density at radius 2 is 1.75 bits per heavy atom. The molecule has 14 heteroatoms. The van der Waals surface area contributed by atoms with Gasteiger partial charge in [-0.2, -0.15) is 0 Å². The predicted octanol–water partition coefficient (Wildman–Crippen LogP) is 3.78. The fraction of sp³-hybridized carbons (Fsp3) is 0.731. The topological polar surface area (TPSA) is 173 Å². The van der Waals surface area contributed by atoms with Crippen molar-refractivity contribution >= 4 is 36.4 Å². The number of esters is 2. The van der Waals surface area contributed by atoms with Gasteiger partial charge in [-0.15, -0.1) is 0 Å². The molecule has 0 saturated carbocycles. The molecule has 40 heavy (non-hydrogen) atoms. The minimum absolute atomic E-state index is 0.273. The first-order chi connectivity index (χ1) is 18.9. The maximum absolute atomic E-state index is 14.1. The lowest BCUT2D eigenvalue weighted by molar-refractivity contribution is -0.149. The monoisotopic (exact) mass is 583 g/mol. The highest BCUT2D eigenvalue weighted by atomic mass is 31.2. The Morgan fingerprint density at radius 3 is 2.45 bits per heavy atom. The lowest BCUT2D eigenvalue weighted by Crippen LogP contribution is -2.50. The third-order valence-corrected chi connectivity index (χ3v) is 8.36. The molecule has 226 valence electrons. The molecule has 0 unspecified atom stereocenters. The second-order valence-corrected chi connectivity index (χ2v) is 12.7. The van der Waals surface area contributed by atoms with Crippen LogP contribution in [-0.4, -0.2) is 68.7 Å². The zero-order chi connectivity index (χ0) is 29.8. The summed E-state index contributed by atoms with van der Waals surface area (Å²) < 4.78 is 32.6. The van der Waals surface area contributed by atoms with Gasteiger partial charge in [0, 0.05) is 0 Å². The molecule has 4 N–H and O–H groups in total. The fourth-order valence-electron chi connectivity index (χ4n) is 3.87. The zero-order valence-corrected chi connectivity index (χ0v) is 25.5. The molecule has 2 heterocycles. The number of nitrogens with one attached hydrogen (secondary N) is 2. The average molecular weight is 584 g/mol. The molecule has 0 aliphatic rings. The smallest absolute Gasteiger partial charge is 0.326 e. The van der Waals surface area contributed by atoms with E-state index in [1.807, 2.05) is 6.92 Å². The van der Waals surface area contributed by atoms with Gasteiger partial charge in [0.05, 0.1) is 32.2 Å². The summed E-state index contributed by atoms with van der Waals surface area (Å²) in [5.41, 5.74) is 5.58. The highest BCUT2D eigenvalue weighted by Gasteiger charge is 2.39. The molecule has 3 atom stereocenters. The van der Waals surface area contributed by atoms with Crippen LogP contribution in [0.2, 0.25) is 0 Å². The number of imidazole rings is 1. The van der Waals surface area contributed by atoms with Crippen molar-refractivity contribution in [3.05, 3.63) is 12.7 Å². The Morgan fingerprint density at radius 1 is 1.05 bits per heavy atom. The summed E-state index contributed by atoms with van der Waals surface area (Å²) in [5.74, 6) is -0.809. The number of hydrogen-bond acceptors (Lipinski definition) is 10. The molecule has 0 spiro atoms. The van der Waals surface area contributed by atoms with Crippen molar-refractivity contribution in [3.8, 4) is 0 Å². The van der Waals surface area contributed by atoms with E-state index in [0.29, 0.717) is 17.7 Å². The number of ether oxygens (including phenoxy) is 3. The maximum Gasteiger partial charge on any atom is 0.326 e. The van der Waals surface area contributed by atoms with Gasteiger partial charge in [0.2, 0.25) is 7.44 Å². The molecule has 2 aromatic heterocycles. The van der Waals surface area contributed by atoms with Crippen molar-refractivity contribution in [2.75, 3.05) is 25.3 Å². The minimum Gasteiger partial charge on any atom is -0.465 e. The number of aromatic nitrogens is 4. The molecular weight excluding hydrogens is 537 g/mol. The number of rotatable bonds is 19. The van der Waals surface area contributed by atoms with Crippen LogP contribution in [0.25, 0.3) is 11.2 Å². The Balaban J connectivity index is 2.11. The summed E-state index contributed by atoms with van der Waals surface area (Å²) in [6.45, 7) is 11.5. The van der Waals surface area contributed by atoms with Crippen molar-refractivity contribution in [1.29, 1.82) is 0 Å². The van der Waals surface area contributed by atoms with E-state index in [0.717, 1.165) is 38.5 Å². The maximum atomic E-state index is 14.1. The second kappa shape index (κ2) is 16.0. The van der Waals surface area contributed by atoms with Crippen molar-refractivity contribution in [3.63, 3.8) is 0 Å². The number of unbranched alkanes of at least 4 members (excludes halogenated alkanes) is 4. The zero-order valence-electron chi connectivity index (χ0n) is 24.6. The molecule has 2 rings (SSSR count). The van der Waals surface area contributed by atoms with Crippen LogP contribution >= 0.6 is 7.44 Å². The SMILES string of the molecule is CCCCCCOC(=O)C(C)(C)N[P@@](=O)(CO[C@H](C)Cn1cnc2c(N)ncnc21)N[C@H](C)C(=O)OCCCC. The number of nitrogens with zero attached hydrogens (tertiary/aromatic N) is 4. The van der Waals surface area contributed by atoms with E-state index in [1.54, 1.807) is 38.6 Å². The molecule has 0 amide bonds. The molecule has 0 aliphatic carbocycles. The molecular formula is C26H46N7O6P. The van der Waals surface area contributed by atoms with E-state index in [4.69, 9.17) is 19.9 Å². The number of carbonyl (C=O) groups is 2. The first-order valence-corrected chi connectivity index (χ1v) is 15.8. The van der Waals surface area contributed by atoms with E-state index in [2.05, 4.69) is 32.1 Å². The van der Waals surface area contributed by atoms with Crippen LogP contribution in [0.1, 0.15) is 80.1 Å². The summed E-state index contributed by atoms with van der Waals surface area (Å²) >= 11 is 0. The average Bonchev–Trinajstić information content (AvgIpc) is 3.30. The van der Waals surface area contributed by atoms with Crippen LogP contribution < -0.4 is 15.9 Å². The van der Waals surface area contributed by atoms with Crippen LogP contribution in [0.3, 0.4) is 0 Å². The van der Waals surface area contributed by atoms with Crippen LogP contribution in [0, 0.1) is 0 Å². The van der Waals surface area contributed by atoms with Gasteiger partial charge in [-0.25, -0.2) is 25.1 Å². The van der Waals surface area contributed by atoms with Crippen LogP contribution in [0.15, 0.2) is 12.7 Å². The quantitative estimate of drug-likeness (QED) is 0.124. The summed E-state index contributed by atoms with van der Waals surface area (Å²) in [5, 5.41) is 5.75. The Labute approximate surface area is 236 Å². The van der Waals surface area contributed by atoms with E-state index in [1.165, 1.54) is 6.33 Å². The van der Waals surface area contributed by atoms with E-state index >= 15 is 0 Å². The molecule has 0 saturated heterocycles. The first kappa shape index (κ1) is 33.6.